The third-order valence-electron chi connectivity index (χ3n) is 8.51. The number of hydrogen-bond donors (Lipinski definition) is 0. The number of fused-ring (bicyclic) bond motifs is 7. The molecule has 1 unspecified atom stereocenters. The van der Waals surface area contributed by atoms with Crippen LogP contribution < -0.4 is 4.90 Å². The van der Waals surface area contributed by atoms with Crippen molar-refractivity contribution in [3.05, 3.63) is 83.2 Å². The molecule has 3 heteroatoms. The van der Waals surface area contributed by atoms with E-state index in [0.717, 1.165) is 17.8 Å². The molecule has 0 N–H and O–H groups in total. The van der Waals surface area contributed by atoms with Gasteiger partial charge in [0.25, 0.3) is 0 Å². The summed E-state index contributed by atoms with van der Waals surface area (Å²) in [6.45, 7) is 4.76. The van der Waals surface area contributed by atoms with Crippen LogP contribution in [-0.2, 0) is 11.8 Å². The molecule has 0 radical (unpaired) electrons. The number of imidazole rings is 1. The van der Waals surface area contributed by atoms with Crippen molar-refractivity contribution >= 4 is 22.4 Å². The lowest BCUT2D eigenvalue weighted by molar-refractivity contribution is 0.268. The molecule has 1 fully saturated rings. The maximum absolute atomic E-state index is 4.93. The quantitative estimate of drug-likeness (QED) is 0.292. The van der Waals surface area contributed by atoms with Crippen LogP contribution in [0, 0.1) is 6.92 Å². The van der Waals surface area contributed by atoms with Crippen molar-refractivity contribution in [2.24, 2.45) is 0 Å². The number of benzene rings is 3. The number of aryl methyl sites for hydroxylation is 1. The van der Waals surface area contributed by atoms with Crippen LogP contribution in [0.5, 0.6) is 0 Å². The van der Waals surface area contributed by atoms with Gasteiger partial charge in [0.1, 0.15) is 5.82 Å². The largest absolute Gasteiger partial charge is 0.337 e. The van der Waals surface area contributed by atoms with Gasteiger partial charge < -0.3 is 4.90 Å². The Labute approximate surface area is 189 Å². The SMILES string of the molecule is Cc1cc2c(cc1N1c3ccccc3C3(CCCCC3)C1C)-n1c(nc3ccccc31)C2. The summed E-state index contributed by atoms with van der Waals surface area (Å²) in [5, 5.41) is 0. The average Bonchev–Trinajstić information content (AvgIpc) is 3.42. The highest BCUT2D eigenvalue weighted by atomic mass is 15.2. The lowest BCUT2D eigenvalue weighted by Gasteiger charge is -2.40. The molecule has 1 atom stereocenters. The van der Waals surface area contributed by atoms with Crippen molar-refractivity contribution in [3.8, 4) is 5.69 Å². The standard InChI is InChI=1S/C29H29N3/c1-19-16-21-17-28-30-23-11-5-7-13-25(23)32(28)27(21)18-26(19)31-20(2)29(14-8-3-9-15-29)22-10-4-6-12-24(22)31/h4-7,10-13,16,18,20H,3,8-9,14-15,17H2,1-2H3. The smallest absolute Gasteiger partial charge is 0.118 e. The van der Waals surface area contributed by atoms with Gasteiger partial charge in [-0.15, -0.1) is 0 Å². The Hall–Kier alpha value is -3.07. The molecular formula is C29H29N3. The van der Waals surface area contributed by atoms with Gasteiger partial charge in [0.2, 0.25) is 0 Å². The maximum atomic E-state index is 4.93. The lowest BCUT2D eigenvalue weighted by atomic mass is 9.67. The molecule has 1 aliphatic carbocycles. The van der Waals surface area contributed by atoms with Crippen LogP contribution in [-0.4, -0.2) is 15.6 Å². The van der Waals surface area contributed by atoms with Gasteiger partial charge in [0.15, 0.2) is 0 Å². The Bertz CT molecular complexity index is 1370. The molecule has 3 heterocycles. The van der Waals surface area contributed by atoms with Gasteiger partial charge in [-0.3, -0.25) is 4.57 Å². The first kappa shape index (κ1) is 18.5. The van der Waals surface area contributed by atoms with Crippen LogP contribution in [0.2, 0.25) is 0 Å². The predicted octanol–water partition coefficient (Wildman–Crippen LogP) is 6.98. The van der Waals surface area contributed by atoms with E-state index in [1.165, 1.54) is 65.8 Å². The minimum absolute atomic E-state index is 0.285. The third-order valence-corrected chi connectivity index (χ3v) is 8.51. The predicted molar refractivity (Wildman–Crippen MR) is 131 cm³/mol. The van der Waals surface area contributed by atoms with Crippen molar-refractivity contribution in [1.29, 1.82) is 0 Å². The van der Waals surface area contributed by atoms with Crippen molar-refractivity contribution < 1.29 is 0 Å². The molecule has 32 heavy (non-hydrogen) atoms. The first-order chi connectivity index (χ1) is 15.7. The van der Waals surface area contributed by atoms with Gasteiger partial charge in [-0.2, -0.15) is 0 Å². The van der Waals surface area contributed by atoms with E-state index in [-0.39, 0.29) is 5.41 Å². The van der Waals surface area contributed by atoms with E-state index in [1.54, 1.807) is 5.56 Å². The van der Waals surface area contributed by atoms with Crippen LogP contribution in [0.4, 0.5) is 11.4 Å². The second-order valence-electron chi connectivity index (χ2n) is 10.1. The van der Waals surface area contributed by atoms with E-state index in [0.29, 0.717) is 6.04 Å². The molecule has 160 valence electrons. The summed E-state index contributed by atoms with van der Waals surface area (Å²) in [4.78, 5) is 7.59. The molecule has 7 rings (SSSR count). The fourth-order valence-corrected chi connectivity index (χ4v) is 6.98. The molecule has 0 saturated heterocycles. The Morgan fingerprint density at radius 3 is 2.53 bits per heavy atom. The molecule has 3 aliphatic rings. The zero-order valence-corrected chi connectivity index (χ0v) is 18.9. The number of nitrogens with zero attached hydrogens (tertiary/aromatic N) is 3. The summed E-state index contributed by atoms with van der Waals surface area (Å²) in [5.41, 5.74) is 11.0. The Balaban J connectivity index is 1.43. The summed E-state index contributed by atoms with van der Waals surface area (Å²) < 4.78 is 2.39. The first-order valence-corrected chi connectivity index (χ1v) is 12.2. The van der Waals surface area contributed by atoms with E-state index >= 15 is 0 Å². The Morgan fingerprint density at radius 2 is 1.66 bits per heavy atom. The molecule has 0 bridgehead atoms. The first-order valence-electron chi connectivity index (χ1n) is 12.2. The lowest BCUT2D eigenvalue weighted by Crippen LogP contribution is -2.42. The number of rotatable bonds is 1. The van der Waals surface area contributed by atoms with Crippen molar-refractivity contribution in [2.45, 2.75) is 63.8 Å². The van der Waals surface area contributed by atoms with Crippen molar-refractivity contribution in [2.75, 3.05) is 4.90 Å². The van der Waals surface area contributed by atoms with E-state index in [1.807, 2.05) is 0 Å². The molecule has 3 nitrogen and oxygen atoms in total. The average molecular weight is 420 g/mol. The summed E-state index contributed by atoms with van der Waals surface area (Å²) in [6.07, 6.45) is 7.61. The normalized spacial score (nSPS) is 20.6. The van der Waals surface area contributed by atoms with E-state index in [9.17, 15) is 0 Å². The topological polar surface area (TPSA) is 21.1 Å². The highest BCUT2D eigenvalue weighted by Crippen LogP contribution is 2.56. The van der Waals surface area contributed by atoms with Crippen LogP contribution in [0.25, 0.3) is 16.7 Å². The van der Waals surface area contributed by atoms with E-state index in [2.05, 4.69) is 84.0 Å². The molecule has 4 aromatic rings. The van der Waals surface area contributed by atoms with Crippen LogP contribution in [0.1, 0.15) is 61.5 Å². The monoisotopic (exact) mass is 419 g/mol. The summed E-state index contributed by atoms with van der Waals surface area (Å²) in [5.74, 6) is 1.16. The molecule has 0 amide bonds. The Morgan fingerprint density at radius 1 is 0.875 bits per heavy atom. The third kappa shape index (κ3) is 2.29. The van der Waals surface area contributed by atoms with Crippen molar-refractivity contribution in [3.63, 3.8) is 0 Å². The fraction of sp³-hybridized carbons (Fsp3) is 0.345. The molecule has 1 saturated carbocycles. The number of hydrogen-bond acceptors (Lipinski definition) is 2. The van der Waals surface area contributed by atoms with Gasteiger partial charge >= 0.3 is 0 Å². The second-order valence-corrected chi connectivity index (χ2v) is 10.1. The highest BCUT2D eigenvalue weighted by molar-refractivity contribution is 5.83. The summed E-state index contributed by atoms with van der Waals surface area (Å²) >= 11 is 0. The van der Waals surface area contributed by atoms with Gasteiger partial charge in [-0.25, -0.2) is 4.98 Å². The highest BCUT2D eigenvalue weighted by Gasteiger charge is 2.49. The number of aromatic nitrogens is 2. The van der Waals surface area contributed by atoms with Gasteiger partial charge in [-0.1, -0.05) is 55.7 Å². The number of anilines is 2. The minimum Gasteiger partial charge on any atom is -0.337 e. The zero-order chi connectivity index (χ0) is 21.4. The fourth-order valence-electron chi connectivity index (χ4n) is 6.98. The van der Waals surface area contributed by atoms with Crippen LogP contribution in [0.15, 0.2) is 60.7 Å². The molecule has 1 spiro atoms. The minimum atomic E-state index is 0.285. The zero-order valence-electron chi connectivity index (χ0n) is 18.9. The maximum Gasteiger partial charge on any atom is 0.118 e. The molecular weight excluding hydrogens is 390 g/mol. The molecule has 2 aliphatic heterocycles. The second kappa shape index (κ2) is 6.48. The van der Waals surface area contributed by atoms with E-state index < -0.39 is 0 Å². The van der Waals surface area contributed by atoms with E-state index in [4.69, 9.17) is 4.98 Å². The van der Waals surface area contributed by atoms with Crippen LogP contribution in [0.3, 0.4) is 0 Å². The Kier molecular flexibility index (Phi) is 3.74. The van der Waals surface area contributed by atoms with Crippen LogP contribution >= 0.6 is 0 Å². The summed E-state index contributed by atoms with van der Waals surface area (Å²) in [6, 6.07) is 23.1. The van der Waals surface area contributed by atoms with Gasteiger partial charge in [-0.05, 0) is 67.6 Å². The molecule has 1 aromatic heterocycles. The molecule has 3 aromatic carbocycles. The number of para-hydroxylation sites is 3. The van der Waals surface area contributed by atoms with Crippen molar-refractivity contribution in [1.82, 2.24) is 9.55 Å². The summed E-state index contributed by atoms with van der Waals surface area (Å²) in [7, 11) is 0. The van der Waals surface area contributed by atoms with Gasteiger partial charge in [0.05, 0.1) is 16.7 Å². The van der Waals surface area contributed by atoms with Gasteiger partial charge in [0, 0.05) is 29.3 Å².